The lowest BCUT2D eigenvalue weighted by Gasteiger charge is -2.18. The van der Waals surface area contributed by atoms with E-state index in [1.807, 2.05) is 0 Å². The van der Waals surface area contributed by atoms with Crippen molar-refractivity contribution < 1.29 is 19.4 Å². The standard InChI is InChI=1S/C48H86O4/c1-3-5-7-9-11-13-15-17-18-19-20-21-22-23-24-26-28-30-32-37-41-45-48(51)52-46(43-39-35-33-36-40-44-47(49)50)42-38-34-31-29-27-25-16-14-12-10-8-6-4-2/h15-17,19-20,25,29,31,46H,3-14,18,21-24,26-28,30,32-45H2,1-2H3,(H,49,50)/b17-15-,20-19-,25-16-,31-29-. The number of carbonyl (C=O) groups is 2. The molecule has 0 aromatic carbocycles. The largest absolute Gasteiger partial charge is 0.481 e. The molecule has 0 saturated heterocycles. The predicted octanol–water partition coefficient (Wildman–Crippen LogP) is 15.9. The van der Waals surface area contributed by atoms with Crippen LogP contribution in [0.1, 0.15) is 239 Å². The average Bonchev–Trinajstić information content (AvgIpc) is 3.13. The number of carboxylic acids is 1. The molecule has 1 N–H and O–H groups in total. The van der Waals surface area contributed by atoms with Crippen molar-refractivity contribution >= 4 is 11.9 Å². The van der Waals surface area contributed by atoms with Gasteiger partial charge in [-0.3, -0.25) is 9.59 Å². The lowest BCUT2D eigenvalue weighted by Crippen LogP contribution is -2.18. The second-order valence-corrected chi connectivity index (χ2v) is 15.2. The Bertz CT molecular complexity index is 870. The first-order valence-corrected chi connectivity index (χ1v) is 22.6. The summed E-state index contributed by atoms with van der Waals surface area (Å²) >= 11 is 0. The predicted molar refractivity (Wildman–Crippen MR) is 227 cm³/mol. The van der Waals surface area contributed by atoms with E-state index in [9.17, 15) is 9.59 Å². The van der Waals surface area contributed by atoms with E-state index in [1.165, 1.54) is 128 Å². The van der Waals surface area contributed by atoms with E-state index in [0.29, 0.717) is 6.42 Å². The highest BCUT2D eigenvalue weighted by atomic mass is 16.5. The summed E-state index contributed by atoms with van der Waals surface area (Å²) in [6.45, 7) is 4.53. The second kappa shape index (κ2) is 43.3. The summed E-state index contributed by atoms with van der Waals surface area (Å²) in [4.78, 5) is 23.5. The summed E-state index contributed by atoms with van der Waals surface area (Å²) in [6, 6.07) is 0. The highest BCUT2D eigenvalue weighted by molar-refractivity contribution is 5.69. The minimum absolute atomic E-state index is 0.00903. The third-order valence-electron chi connectivity index (χ3n) is 10.0. The van der Waals surface area contributed by atoms with Crippen LogP contribution in [0.4, 0.5) is 0 Å². The molecule has 0 aromatic rings. The Hall–Kier alpha value is -2.10. The van der Waals surface area contributed by atoms with Crippen LogP contribution in [0.15, 0.2) is 48.6 Å². The topological polar surface area (TPSA) is 63.6 Å². The van der Waals surface area contributed by atoms with Crippen LogP contribution >= 0.6 is 0 Å². The highest BCUT2D eigenvalue weighted by Crippen LogP contribution is 2.18. The molecule has 4 heteroatoms. The number of carboxylic acid groups (broad SMARTS) is 1. The maximum atomic E-state index is 12.7. The third kappa shape index (κ3) is 42.3. The van der Waals surface area contributed by atoms with Crippen molar-refractivity contribution in [3.63, 3.8) is 0 Å². The summed E-state index contributed by atoms with van der Waals surface area (Å²) in [5.74, 6) is -0.730. The molecule has 0 aromatic heterocycles. The van der Waals surface area contributed by atoms with Crippen molar-refractivity contribution in [2.24, 2.45) is 0 Å². The van der Waals surface area contributed by atoms with Gasteiger partial charge in [-0.15, -0.1) is 0 Å². The molecule has 0 bridgehead atoms. The summed E-state index contributed by atoms with van der Waals surface area (Å²) < 4.78 is 6.00. The molecule has 0 amide bonds. The molecule has 0 rings (SSSR count). The summed E-state index contributed by atoms with van der Waals surface area (Å²) in [5, 5.41) is 8.84. The quantitative estimate of drug-likeness (QED) is 0.0387. The Morgan fingerprint density at radius 3 is 1.21 bits per heavy atom. The lowest BCUT2D eigenvalue weighted by molar-refractivity contribution is -0.150. The fourth-order valence-electron chi connectivity index (χ4n) is 6.66. The zero-order chi connectivity index (χ0) is 37.8. The summed E-state index contributed by atoms with van der Waals surface area (Å²) in [6.07, 6.45) is 58.6. The average molecular weight is 727 g/mol. The van der Waals surface area contributed by atoms with Crippen molar-refractivity contribution in [1.29, 1.82) is 0 Å². The molecular formula is C48H86O4. The summed E-state index contributed by atoms with van der Waals surface area (Å²) in [5.41, 5.74) is 0. The van der Waals surface area contributed by atoms with E-state index in [4.69, 9.17) is 9.84 Å². The fourth-order valence-corrected chi connectivity index (χ4v) is 6.66. The molecule has 302 valence electrons. The van der Waals surface area contributed by atoms with Crippen molar-refractivity contribution in [1.82, 2.24) is 0 Å². The number of allylic oxidation sites excluding steroid dienone is 8. The van der Waals surface area contributed by atoms with Crippen LogP contribution in [0, 0.1) is 0 Å². The van der Waals surface area contributed by atoms with Crippen molar-refractivity contribution in [2.75, 3.05) is 0 Å². The highest BCUT2D eigenvalue weighted by Gasteiger charge is 2.14. The number of hydrogen-bond donors (Lipinski definition) is 1. The van der Waals surface area contributed by atoms with E-state index < -0.39 is 5.97 Å². The van der Waals surface area contributed by atoms with E-state index >= 15 is 0 Å². The van der Waals surface area contributed by atoms with E-state index in [2.05, 4.69) is 62.5 Å². The van der Waals surface area contributed by atoms with Crippen LogP contribution < -0.4 is 0 Å². The summed E-state index contributed by atoms with van der Waals surface area (Å²) in [7, 11) is 0. The van der Waals surface area contributed by atoms with Gasteiger partial charge in [-0.05, 0) is 96.3 Å². The molecule has 0 heterocycles. The lowest BCUT2D eigenvalue weighted by atomic mass is 10.0. The van der Waals surface area contributed by atoms with Crippen molar-refractivity contribution in [3.05, 3.63) is 48.6 Å². The van der Waals surface area contributed by atoms with Gasteiger partial charge in [0.25, 0.3) is 0 Å². The van der Waals surface area contributed by atoms with Gasteiger partial charge in [0.05, 0.1) is 0 Å². The van der Waals surface area contributed by atoms with Gasteiger partial charge in [-0.25, -0.2) is 0 Å². The first-order chi connectivity index (χ1) is 25.6. The fraction of sp³-hybridized carbons (Fsp3) is 0.792. The zero-order valence-electron chi connectivity index (χ0n) is 34.6. The minimum Gasteiger partial charge on any atom is -0.481 e. The van der Waals surface area contributed by atoms with Gasteiger partial charge in [-0.2, -0.15) is 0 Å². The molecule has 1 unspecified atom stereocenters. The van der Waals surface area contributed by atoms with Crippen LogP contribution in [0.2, 0.25) is 0 Å². The molecule has 52 heavy (non-hydrogen) atoms. The molecule has 0 saturated carbocycles. The van der Waals surface area contributed by atoms with Crippen LogP contribution in [0.5, 0.6) is 0 Å². The van der Waals surface area contributed by atoms with Crippen molar-refractivity contribution in [3.8, 4) is 0 Å². The molecule has 1 atom stereocenters. The number of esters is 1. The van der Waals surface area contributed by atoms with Crippen LogP contribution in [0.25, 0.3) is 0 Å². The van der Waals surface area contributed by atoms with Crippen LogP contribution in [-0.4, -0.2) is 23.1 Å². The molecule has 0 fully saturated rings. The number of unbranched alkanes of at least 4 members (excludes halogenated alkanes) is 24. The molecule has 0 aliphatic rings. The Labute approximate surface area is 323 Å². The van der Waals surface area contributed by atoms with Gasteiger partial charge >= 0.3 is 11.9 Å². The van der Waals surface area contributed by atoms with Crippen molar-refractivity contribution in [2.45, 2.75) is 245 Å². The Kier molecular flexibility index (Phi) is 41.6. The van der Waals surface area contributed by atoms with E-state index in [1.54, 1.807) is 0 Å². The van der Waals surface area contributed by atoms with Crippen LogP contribution in [0.3, 0.4) is 0 Å². The Balaban J connectivity index is 4.02. The molecule has 0 aliphatic carbocycles. The third-order valence-corrected chi connectivity index (χ3v) is 10.0. The number of ether oxygens (including phenoxy) is 1. The Morgan fingerprint density at radius 2 is 0.769 bits per heavy atom. The molecule has 0 aliphatic heterocycles. The first kappa shape index (κ1) is 49.9. The number of hydrogen-bond acceptors (Lipinski definition) is 3. The van der Waals surface area contributed by atoms with E-state index in [-0.39, 0.29) is 18.5 Å². The number of aliphatic carboxylic acids is 1. The van der Waals surface area contributed by atoms with Gasteiger partial charge < -0.3 is 9.84 Å². The van der Waals surface area contributed by atoms with Gasteiger partial charge in [0.15, 0.2) is 0 Å². The van der Waals surface area contributed by atoms with Gasteiger partial charge in [0.1, 0.15) is 6.10 Å². The zero-order valence-corrected chi connectivity index (χ0v) is 34.6. The maximum Gasteiger partial charge on any atom is 0.306 e. The van der Waals surface area contributed by atoms with E-state index in [0.717, 1.165) is 83.5 Å². The number of rotatable bonds is 41. The normalized spacial score (nSPS) is 12.7. The van der Waals surface area contributed by atoms with Gasteiger partial charge in [0, 0.05) is 12.8 Å². The molecule has 4 nitrogen and oxygen atoms in total. The SMILES string of the molecule is CCCCCCC/C=C\C/C=C\CCCCCCCCCCCC(=O)OC(CCC/C=C\C/C=C\CCCCCCC)CCCCCCCC(=O)O. The second-order valence-electron chi connectivity index (χ2n) is 15.2. The first-order valence-electron chi connectivity index (χ1n) is 22.6. The Morgan fingerprint density at radius 1 is 0.423 bits per heavy atom. The minimum atomic E-state index is -0.707. The van der Waals surface area contributed by atoms with Crippen LogP contribution in [-0.2, 0) is 14.3 Å². The van der Waals surface area contributed by atoms with Gasteiger partial charge in [0.2, 0.25) is 0 Å². The molecule has 0 radical (unpaired) electrons. The smallest absolute Gasteiger partial charge is 0.306 e. The molecular weight excluding hydrogens is 641 g/mol. The monoisotopic (exact) mass is 727 g/mol. The van der Waals surface area contributed by atoms with Gasteiger partial charge in [-0.1, -0.05) is 178 Å². The maximum absolute atomic E-state index is 12.7. The molecule has 0 spiro atoms. The number of carbonyl (C=O) groups excluding carboxylic acids is 1.